The fourth-order valence-corrected chi connectivity index (χ4v) is 3.30. The van der Waals surface area contributed by atoms with Gasteiger partial charge in [-0.1, -0.05) is 12.1 Å². The number of hydrogen-bond acceptors (Lipinski definition) is 3. The van der Waals surface area contributed by atoms with Crippen LogP contribution in [0, 0.1) is 11.6 Å². The van der Waals surface area contributed by atoms with Crippen molar-refractivity contribution in [1.82, 2.24) is 10.6 Å². The molecule has 146 valence electrons. The van der Waals surface area contributed by atoms with Gasteiger partial charge >= 0.3 is 0 Å². The molecule has 7 heteroatoms. The molecule has 0 saturated carbocycles. The quantitative estimate of drug-likeness (QED) is 0.811. The Hall–Kier alpha value is -2.18. The second-order valence-corrected chi connectivity index (χ2v) is 6.31. The zero-order valence-corrected chi connectivity index (χ0v) is 15.8. The summed E-state index contributed by atoms with van der Waals surface area (Å²) in [5.74, 6) is -1.39. The van der Waals surface area contributed by atoms with Gasteiger partial charge in [-0.15, -0.1) is 12.4 Å². The average Bonchev–Trinajstić information content (AvgIpc) is 2.65. The van der Waals surface area contributed by atoms with E-state index < -0.39 is 11.6 Å². The predicted molar refractivity (Wildman–Crippen MR) is 103 cm³/mol. The maximum absolute atomic E-state index is 13.6. The van der Waals surface area contributed by atoms with Gasteiger partial charge in [-0.2, -0.15) is 0 Å². The molecule has 0 radical (unpaired) electrons. The van der Waals surface area contributed by atoms with Crippen molar-refractivity contribution in [3.05, 3.63) is 65.2 Å². The minimum atomic E-state index is -0.865. The van der Waals surface area contributed by atoms with Gasteiger partial charge in [0.2, 0.25) is 0 Å². The summed E-state index contributed by atoms with van der Waals surface area (Å²) >= 11 is 0. The number of benzene rings is 2. The monoisotopic (exact) mass is 396 g/mol. The van der Waals surface area contributed by atoms with E-state index in [4.69, 9.17) is 4.74 Å². The lowest BCUT2D eigenvalue weighted by Gasteiger charge is -2.33. The molecule has 4 nitrogen and oxygen atoms in total. The summed E-state index contributed by atoms with van der Waals surface area (Å²) in [5, 5.41) is 6.26. The topological polar surface area (TPSA) is 50.4 Å². The first kappa shape index (κ1) is 21.1. The summed E-state index contributed by atoms with van der Waals surface area (Å²) < 4.78 is 32.3. The summed E-state index contributed by atoms with van der Waals surface area (Å²) in [6.45, 7) is 3.74. The van der Waals surface area contributed by atoms with Gasteiger partial charge in [-0.25, -0.2) is 8.78 Å². The second-order valence-electron chi connectivity index (χ2n) is 6.31. The minimum absolute atomic E-state index is 0. The highest BCUT2D eigenvalue weighted by molar-refractivity contribution is 5.94. The molecule has 1 saturated heterocycles. The number of carbonyl (C=O) groups is 1. The van der Waals surface area contributed by atoms with Crippen LogP contribution in [0.5, 0.6) is 5.75 Å². The molecule has 0 aliphatic carbocycles. The SMILES string of the molecule is CCOc1cccc(C(=O)NC2CNCCC2c2ccc(F)c(F)c2)c1.Cl. The van der Waals surface area contributed by atoms with Gasteiger partial charge in [0.05, 0.1) is 6.61 Å². The Morgan fingerprint density at radius 1 is 1.22 bits per heavy atom. The van der Waals surface area contributed by atoms with Gasteiger partial charge in [-0.05, 0) is 55.8 Å². The Morgan fingerprint density at radius 2 is 2.04 bits per heavy atom. The summed E-state index contributed by atoms with van der Waals surface area (Å²) in [6.07, 6.45) is 0.731. The van der Waals surface area contributed by atoms with E-state index in [9.17, 15) is 13.6 Å². The molecule has 1 aliphatic rings. The Morgan fingerprint density at radius 3 is 2.78 bits per heavy atom. The van der Waals surface area contributed by atoms with Gasteiger partial charge in [-0.3, -0.25) is 4.79 Å². The first-order valence-electron chi connectivity index (χ1n) is 8.78. The van der Waals surface area contributed by atoms with Crippen LogP contribution in [0.3, 0.4) is 0 Å². The number of nitrogens with one attached hydrogen (secondary N) is 2. The van der Waals surface area contributed by atoms with Crippen molar-refractivity contribution < 1.29 is 18.3 Å². The number of halogens is 3. The van der Waals surface area contributed by atoms with E-state index in [1.54, 1.807) is 30.3 Å². The van der Waals surface area contributed by atoms with Crippen molar-refractivity contribution in [3.8, 4) is 5.75 Å². The number of piperidine rings is 1. The highest BCUT2D eigenvalue weighted by Crippen LogP contribution is 2.27. The van der Waals surface area contributed by atoms with Gasteiger partial charge in [0, 0.05) is 24.1 Å². The molecule has 2 unspecified atom stereocenters. The first-order chi connectivity index (χ1) is 12.6. The Bertz CT molecular complexity index is 788. The standard InChI is InChI=1S/C20H22F2N2O2.ClH/c1-2-26-15-5-3-4-14(10-15)20(25)24-19-12-23-9-8-16(19)13-6-7-17(21)18(22)11-13;/h3-7,10-11,16,19,23H,2,8-9,12H2,1H3,(H,24,25);1H. The van der Waals surface area contributed by atoms with Crippen LogP contribution >= 0.6 is 12.4 Å². The molecular weight excluding hydrogens is 374 g/mol. The lowest BCUT2D eigenvalue weighted by molar-refractivity contribution is 0.0924. The Labute approximate surface area is 163 Å². The van der Waals surface area contributed by atoms with Crippen LogP contribution in [-0.4, -0.2) is 31.6 Å². The molecule has 1 fully saturated rings. The second kappa shape index (κ2) is 9.67. The normalized spacial score (nSPS) is 19.1. The number of hydrogen-bond donors (Lipinski definition) is 2. The molecule has 2 aromatic carbocycles. The fourth-order valence-electron chi connectivity index (χ4n) is 3.30. The van der Waals surface area contributed by atoms with Gasteiger partial charge in [0.15, 0.2) is 11.6 Å². The van der Waals surface area contributed by atoms with Crippen molar-refractivity contribution in [1.29, 1.82) is 0 Å². The zero-order chi connectivity index (χ0) is 18.5. The van der Waals surface area contributed by atoms with Crippen LogP contribution in [0.2, 0.25) is 0 Å². The summed E-state index contributed by atoms with van der Waals surface area (Å²) in [7, 11) is 0. The summed E-state index contributed by atoms with van der Waals surface area (Å²) in [5.41, 5.74) is 1.20. The molecule has 1 aliphatic heterocycles. The van der Waals surface area contributed by atoms with E-state index in [1.165, 1.54) is 6.07 Å². The van der Waals surface area contributed by atoms with E-state index in [0.717, 1.165) is 19.0 Å². The van der Waals surface area contributed by atoms with Gasteiger partial charge < -0.3 is 15.4 Å². The molecule has 2 N–H and O–H groups in total. The summed E-state index contributed by atoms with van der Waals surface area (Å²) in [4.78, 5) is 12.6. The highest BCUT2D eigenvalue weighted by Gasteiger charge is 2.28. The number of carbonyl (C=O) groups excluding carboxylic acids is 1. The molecule has 1 heterocycles. The third-order valence-electron chi connectivity index (χ3n) is 4.58. The molecule has 2 aromatic rings. The zero-order valence-electron chi connectivity index (χ0n) is 15.0. The molecular formula is C20H23ClF2N2O2. The predicted octanol–water partition coefficient (Wildman–Crippen LogP) is 3.66. The van der Waals surface area contributed by atoms with Crippen LogP contribution in [0.4, 0.5) is 8.78 Å². The molecule has 3 rings (SSSR count). The fraction of sp³-hybridized carbons (Fsp3) is 0.350. The third-order valence-corrected chi connectivity index (χ3v) is 4.58. The van der Waals surface area contributed by atoms with Gasteiger partial charge in [0.1, 0.15) is 5.75 Å². The third kappa shape index (κ3) is 5.17. The molecule has 1 amide bonds. The van der Waals surface area contributed by atoms with Crippen LogP contribution < -0.4 is 15.4 Å². The van der Waals surface area contributed by atoms with E-state index in [1.807, 2.05) is 6.92 Å². The van der Waals surface area contributed by atoms with Crippen LogP contribution in [0.15, 0.2) is 42.5 Å². The summed E-state index contributed by atoms with van der Waals surface area (Å²) in [6, 6.07) is 10.7. The van der Waals surface area contributed by atoms with E-state index in [2.05, 4.69) is 10.6 Å². The van der Waals surface area contributed by atoms with Crippen LogP contribution in [0.1, 0.15) is 35.2 Å². The van der Waals surface area contributed by atoms with E-state index in [0.29, 0.717) is 30.0 Å². The average molecular weight is 397 g/mol. The smallest absolute Gasteiger partial charge is 0.251 e. The van der Waals surface area contributed by atoms with Crippen molar-refractivity contribution >= 4 is 18.3 Å². The van der Waals surface area contributed by atoms with Crippen molar-refractivity contribution in [3.63, 3.8) is 0 Å². The van der Waals surface area contributed by atoms with Crippen molar-refractivity contribution in [2.24, 2.45) is 0 Å². The maximum Gasteiger partial charge on any atom is 0.251 e. The Kier molecular flexibility index (Phi) is 7.56. The molecule has 2 atom stereocenters. The molecule has 0 aromatic heterocycles. The number of amides is 1. The number of rotatable bonds is 5. The largest absolute Gasteiger partial charge is 0.494 e. The lowest BCUT2D eigenvalue weighted by Crippen LogP contribution is -2.50. The highest BCUT2D eigenvalue weighted by atomic mass is 35.5. The first-order valence-corrected chi connectivity index (χ1v) is 8.78. The van der Waals surface area contributed by atoms with E-state index in [-0.39, 0.29) is 30.3 Å². The number of ether oxygens (including phenoxy) is 1. The molecule has 0 bridgehead atoms. The van der Waals surface area contributed by atoms with Crippen LogP contribution in [0.25, 0.3) is 0 Å². The van der Waals surface area contributed by atoms with Crippen molar-refractivity contribution in [2.75, 3.05) is 19.7 Å². The Balaban J connectivity index is 0.00000261. The lowest BCUT2D eigenvalue weighted by atomic mass is 9.85. The maximum atomic E-state index is 13.6. The van der Waals surface area contributed by atoms with Crippen LogP contribution in [-0.2, 0) is 0 Å². The molecule has 0 spiro atoms. The molecule has 27 heavy (non-hydrogen) atoms. The van der Waals surface area contributed by atoms with Gasteiger partial charge in [0.25, 0.3) is 5.91 Å². The van der Waals surface area contributed by atoms with E-state index >= 15 is 0 Å². The van der Waals surface area contributed by atoms with Crippen molar-refractivity contribution in [2.45, 2.75) is 25.3 Å². The minimum Gasteiger partial charge on any atom is -0.494 e.